The van der Waals surface area contributed by atoms with Gasteiger partial charge >= 0.3 is 0 Å². The Morgan fingerprint density at radius 3 is 2.47 bits per heavy atom. The third-order valence-corrected chi connectivity index (χ3v) is 3.42. The Morgan fingerprint density at radius 2 is 2.00 bits per heavy atom. The van der Waals surface area contributed by atoms with E-state index in [2.05, 4.69) is 51.9 Å². The molecule has 3 nitrogen and oxygen atoms in total. The van der Waals surface area contributed by atoms with Crippen LogP contribution in [0, 0.1) is 12.8 Å². The summed E-state index contributed by atoms with van der Waals surface area (Å²) in [7, 11) is 4.11. The molecule has 3 heteroatoms. The lowest BCUT2D eigenvalue weighted by atomic mass is 9.91. The van der Waals surface area contributed by atoms with Gasteiger partial charge in [0, 0.05) is 12.6 Å². The minimum atomic E-state index is 0.191. The Balaban J connectivity index is 2.98. The topological polar surface area (TPSA) is 32.7 Å². The minimum absolute atomic E-state index is 0.191. The van der Waals surface area contributed by atoms with Crippen molar-refractivity contribution in [1.29, 1.82) is 0 Å². The van der Waals surface area contributed by atoms with E-state index in [-0.39, 0.29) is 18.6 Å². The highest BCUT2D eigenvalue weighted by Gasteiger charge is 2.22. The summed E-state index contributed by atoms with van der Waals surface area (Å²) in [6.07, 6.45) is 1.02. The molecule has 108 valence electrons. The third kappa shape index (κ3) is 4.22. The van der Waals surface area contributed by atoms with E-state index in [0.29, 0.717) is 0 Å². The number of ether oxygens (including phenoxy) is 1. The SMILES string of the molecule is CCCOc1ccc(C(C(C)CO)N(C)C)c(C)c1. The van der Waals surface area contributed by atoms with Gasteiger partial charge in [0.15, 0.2) is 0 Å². The average Bonchev–Trinajstić information content (AvgIpc) is 2.38. The zero-order valence-electron chi connectivity index (χ0n) is 12.8. The monoisotopic (exact) mass is 265 g/mol. The molecular weight excluding hydrogens is 238 g/mol. The van der Waals surface area contributed by atoms with E-state index in [4.69, 9.17) is 4.74 Å². The van der Waals surface area contributed by atoms with Gasteiger partial charge in [0.2, 0.25) is 0 Å². The van der Waals surface area contributed by atoms with Gasteiger partial charge in [0.05, 0.1) is 6.61 Å². The lowest BCUT2D eigenvalue weighted by Gasteiger charge is -2.31. The molecule has 0 spiro atoms. The number of aliphatic hydroxyl groups excluding tert-OH is 1. The fraction of sp³-hybridized carbons (Fsp3) is 0.625. The van der Waals surface area contributed by atoms with Gasteiger partial charge in [-0.2, -0.15) is 0 Å². The summed E-state index contributed by atoms with van der Waals surface area (Å²) < 4.78 is 5.66. The molecule has 0 aliphatic rings. The maximum atomic E-state index is 9.43. The van der Waals surface area contributed by atoms with Gasteiger partial charge in [-0.25, -0.2) is 0 Å². The van der Waals surface area contributed by atoms with E-state index in [1.54, 1.807) is 0 Å². The van der Waals surface area contributed by atoms with Crippen LogP contribution in [0.15, 0.2) is 18.2 Å². The lowest BCUT2D eigenvalue weighted by Crippen LogP contribution is -2.28. The van der Waals surface area contributed by atoms with Crippen molar-refractivity contribution in [3.05, 3.63) is 29.3 Å². The van der Waals surface area contributed by atoms with E-state index >= 15 is 0 Å². The molecule has 1 aromatic carbocycles. The van der Waals surface area contributed by atoms with E-state index in [1.165, 1.54) is 11.1 Å². The van der Waals surface area contributed by atoms with Gasteiger partial charge in [-0.05, 0) is 56.6 Å². The third-order valence-electron chi connectivity index (χ3n) is 3.42. The molecule has 19 heavy (non-hydrogen) atoms. The second kappa shape index (κ2) is 7.51. The Hall–Kier alpha value is -1.06. The standard InChI is InChI=1S/C16H27NO2/c1-6-9-19-14-7-8-15(12(2)10-14)16(17(4)5)13(3)11-18/h7-8,10,13,16,18H,6,9,11H2,1-5H3. The molecular formula is C16H27NO2. The summed E-state index contributed by atoms with van der Waals surface area (Å²) >= 11 is 0. The fourth-order valence-electron chi connectivity index (χ4n) is 2.48. The normalized spacial score (nSPS) is 14.5. The Labute approximate surface area is 117 Å². The van der Waals surface area contributed by atoms with E-state index in [1.807, 2.05) is 6.07 Å². The highest BCUT2D eigenvalue weighted by Crippen LogP contribution is 2.31. The Kier molecular flexibility index (Phi) is 6.32. The van der Waals surface area contributed by atoms with Gasteiger partial charge in [-0.1, -0.05) is 19.9 Å². The molecule has 0 aliphatic carbocycles. The molecule has 1 N–H and O–H groups in total. The number of aryl methyl sites for hydroxylation is 1. The highest BCUT2D eigenvalue weighted by molar-refractivity contribution is 5.37. The van der Waals surface area contributed by atoms with Crippen molar-refractivity contribution < 1.29 is 9.84 Å². The first-order valence-corrected chi connectivity index (χ1v) is 7.01. The number of benzene rings is 1. The maximum absolute atomic E-state index is 9.43. The average molecular weight is 265 g/mol. The van der Waals surface area contributed by atoms with Crippen LogP contribution < -0.4 is 4.74 Å². The molecule has 2 unspecified atom stereocenters. The largest absolute Gasteiger partial charge is 0.494 e. The van der Waals surface area contributed by atoms with Crippen LogP contribution in [0.4, 0.5) is 0 Å². The molecule has 1 rings (SSSR count). The summed E-state index contributed by atoms with van der Waals surface area (Å²) in [6.45, 7) is 7.23. The van der Waals surface area contributed by atoms with Crippen LogP contribution in [0.3, 0.4) is 0 Å². The molecule has 0 bridgehead atoms. The molecule has 0 amide bonds. The van der Waals surface area contributed by atoms with Crippen molar-refractivity contribution in [3.63, 3.8) is 0 Å². The smallest absolute Gasteiger partial charge is 0.119 e. The van der Waals surface area contributed by atoms with Crippen LogP contribution in [-0.2, 0) is 0 Å². The molecule has 0 aromatic heterocycles. The number of rotatable bonds is 7. The molecule has 0 saturated heterocycles. The van der Waals surface area contributed by atoms with Gasteiger partial charge in [-0.15, -0.1) is 0 Å². The van der Waals surface area contributed by atoms with Gasteiger partial charge in [-0.3, -0.25) is 0 Å². The molecule has 2 atom stereocenters. The summed E-state index contributed by atoms with van der Waals surface area (Å²) in [6, 6.07) is 6.46. The van der Waals surface area contributed by atoms with Crippen LogP contribution in [0.25, 0.3) is 0 Å². The summed E-state index contributed by atoms with van der Waals surface area (Å²) in [5.74, 6) is 1.13. The van der Waals surface area contributed by atoms with Crippen molar-refractivity contribution >= 4 is 0 Å². The Bertz CT molecular complexity index is 390. The summed E-state index contributed by atoms with van der Waals surface area (Å²) in [5.41, 5.74) is 2.48. The molecule has 0 fully saturated rings. The molecule has 0 saturated carbocycles. The highest BCUT2D eigenvalue weighted by atomic mass is 16.5. The van der Waals surface area contributed by atoms with Gasteiger partial charge in [0.25, 0.3) is 0 Å². The second-order valence-corrected chi connectivity index (χ2v) is 5.44. The molecule has 0 heterocycles. The maximum Gasteiger partial charge on any atom is 0.119 e. The van der Waals surface area contributed by atoms with Crippen LogP contribution in [0.2, 0.25) is 0 Å². The van der Waals surface area contributed by atoms with E-state index < -0.39 is 0 Å². The van der Waals surface area contributed by atoms with Crippen molar-refractivity contribution in [2.45, 2.75) is 33.2 Å². The minimum Gasteiger partial charge on any atom is -0.494 e. The van der Waals surface area contributed by atoms with Gasteiger partial charge < -0.3 is 14.7 Å². The van der Waals surface area contributed by atoms with Gasteiger partial charge in [0.1, 0.15) is 5.75 Å². The first-order chi connectivity index (χ1) is 9.01. The predicted octanol–water partition coefficient (Wildman–Crippen LogP) is 3.01. The number of nitrogens with zero attached hydrogens (tertiary/aromatic N) is 1. The number of aliphatic hydroxyl groups is 1. The molecule has 0 aliphatic heterocycles. The first-order valence-electron chi connectivity index (χ1n) is 7.01. The number of hydrogen-bond donors (Lipinski definition) is 1. The van der Waals surface area contributed by atoms with Crippen molar-refractivity contribution in [2.24, 2.45) is 5.92 Å². The van der Waals surface area contributed by atoms with Crippen LogP contribution in [-0.4, -0.2) is 37.3 Å². The summed E-state index contributed by atoms with van der Waals surface area (Å²) in [5, 5.41) is 9.43. The van der Waals surface area contributed by atoms with Crippen LogP contribution in [0.1, 0.15) is 37.4 Å². The molecule has 0 radical (unpaired) electrons. The quantitative estimate of drug-likeness (QED) is 0.822. The lowest BCUT2D eigenvalue weighted by molar-refractivity contribution is 0.145. The van der Waals surface area contributed by atoms with Crippen molar-refractivity contribution in [2.75, 3.05) is 27.3 Å². The molecule has 1 aromatic rings. The van der Waals surface area contributed by atoms with Crippen LogP contribution >= 0.6 is 0 Å². The van der Waals surface area contributed by atoms with E-state index in [9.17, 15) is 5.11 Å². The van der Waals surface area contributed by atoms with Crippen molar-refractivity contribution in [1.82, 2.24) is 4.90 Å². The van der Waals surface area contributed by atoms with E-state index in [0.717, 1.165) is 18.8 Å². The van der Waals surface area contributed by atoms with Crippen molar-refractivity contribution in [3.8, 4) is 5.75 Å². The second-order valence-electron chi connectivity index (χ2n) is 5.44. The first kappa shape index (κ1) is 16.0. The summed E-state index contributed by atoms with van der Waals surface area (Å²) in [4.78, 5) is 2.16. The fourth-order valence-corrected chi connectivity index (χ4v) is 2.48. The predicted molar refractivity (Wildman–Crippen MR) is 79.6 cm³/mol. The Morgan fingerprint density at radius 1 is 1.32 bits per heavy atom. The number of hydrogen-bond acceptors (Lipinski definition) is 3. The van der Waals surface area contributed by atoms with Crippen LogP contribution in [0.5, 0.6) is 5.75 Å². The zero-order chi connectivity index (χ0) is 14.4. The zero-order valence-corrected chi connectivity index (χ0v) is 12.8.